The molecule has 1 atom stereocenters. The molecular weight excluding hydrogens is 340 g/mol. The van der Waals surface area contributed by atoms with Gasteiger partial charge in [0.25, 0.3) is 0 Å². The predicted molar refractivity (Wildman–Crippen MR) is 103 cm³/mol. The average molecular weight is 364 g/mol. The van der Waals surface area contributed by atoms with Gasteiger partial charge in [-0.05, 0) is 24.3 Å². The molecule has 140 valence electrons. The van der Waals surface area contributed by atoms with Crippen molar-refractivity contribution in [2.75, 3.05) is 32.8 Å². The van der Waals surface area contributed by atoms with Crippen molar-refractivity contribution in [3.63, 3.8) is 0 Å². The van der Waals surface area contributed by atoms with Crippen LogP contribution in [0.1, 0.15) is 17.4 Å². The van der Waals surface area contributed by atoms with Crippen LogP contribution in [0.3, 0.4) is 0 Å². The fourth-order valence-electron chi connectivity index (χ4n) is 3.32. The Bertz CT molecular complexity index is 816. The Hall–Kier alpha value is -2.54. The molecule has 0 radical (unpaired) electrons. The summed E-state index contributed by atoms with van der Waals surface area (Å²) in [5.74, 6) is 0.654. The molecule has 6 nitrogen and oxygen atoms in total. The molecule has 1 aliphatic rings. The van der Waals surface area contributed by atoms with E-state index < -0.39 is 0 Å². The number of morpholine rings is 1. The molecule has 2 aromatic heterocycles. The average Bonchev–Trinajstić information content (AvgIpc) is 3.22. The van der Waals surface area contributed by atoms with Gasteiger partial charge in [0.05, 0.1) is 30.6 Å². The molecular formula is C21H24N4O2. The van der Waals surface area contributed by atoms with E-state index in [0.29, 0.717) is 12.4 Å². The Morgan fingerprint density at radius 3 is 2.63 bits per heavy atom. The number of oxazole rings is 1. The third kappa shape index (κ3) is 4.60. The van der Waals surface area contributed by atoms with Crippen LogP contribution in [0.4, 0.5) is 0 Å². The van der Waals surface area contributed by atoms with E-state index in [4.69, 9.17) is 9.15 Å². The molecule has 0 spiro atoms. The number of benzene rings is 1. The Kier molecular flexibility index (Phi) is 5.89. The first-order valence-corrected chi connectivity index (χ1v) is 9.33. The lowest BCUT2D eigenvalue weighted by atomic mass is 10.1. The summed E-state index contributed by atoms with van der Waals surface area (Å²) in [7, 11) is 0. The van der Waals surface area contributed by atoms with E-state index in [2.05, 4.69) is 26.3 Å². The monoisotopic (exact) mass is 364 g/mol. The molecule has 27 heavy (non-hydrogen) atoms. The molecule has 1 unspecified atom stereocenters. The summed E-state index contributed by atoms with van der Waals surface area (Å²) in [4.78, 5) is 11.6. The fourth-order valence-corrected chi connectivity index (χ4v) is 3.32. The zero-order valence-electron chi connectivity index (χ0n) is 15.3. The normalized spacial score (nSPS) is 16.3. The summed E-state index contributed by atoms with van der Waals surface area (Å²) in [6, 6.07) is 16.2. The quantitative estimate of drug-likeness (QED) is 0.695. The van der Waals surface area contributed by atoms with Gasteiger partial charge in [-0.1, -0.05) is 24.3 Å². The van der Waals surface area contributed by atoms with E-state index in [1.807, 2.05) is 48.7 Å². The van der Waals surface area contributed by atoms with Gasteiger partial charge in [0.15, 0.2) is 0 Å². The topological polar surface area (TPSA) is 63.4 Å². The van der Waals surface area contributed by atoms with Gasteiger partial charge in [0.1, 0.15) is 6.26 Å². The predicted octanol–water partition coefficient (Wildman–Crippen LogP) is 2.90. The van der Waals surface area contributed by atoms with E-state index in [9.17, 15) is 0 Å². The molecule has 0 saturated carbocycles. The number of rotatable bonds is 7. The minimum absolute atomic E-state index is 0.218. The van der Waals surface area contributed by atoms with Gasteiger partial charge < -0.3 is 14.5 Å². The maximum Gasteiger partial charge on any atom is 0.226 e. The van der Waals surface area contributed by atoms with Crippen molar-refractivity contribution in [2.45, 2.75) is 12.6 Å². The van der Waals surface area contributed by atoms with Crippen LogP contribution < -0.4 is 5.32 Å². The van der Waals surface area contributed by atoms with Crippen LogP contribution in [-0.2, 0) is 11.3 Å². The molecule has 3 heterocycles. The van der Waals surface area contributed by atoms with E-state index in [1.165, 1.54) is 0 Å². The summed E-state index contributed by atoms with van der Waals surface area (Å²) in [5.41, 5.74) is 2.97. The molecule has 3 aromatic rings. The third-order valence-corrected chi connectivity index (χ3v) is 4.73. The number of hydrogen-bond acceptors (Lipinski definition) is 6. The fraction of sp³-hybridized carbons (Fsp3) is 0.333. The SMILES string of the molecule is c1ccc(-c2nc(CNCC(c3ccccn3)N3CCOCC3)co2)cc1. The number of hydrogen-bond donors (Lipinski definition) is 1. The van der Waals surface area contributed by atoms with Gasteiger partial charge in [0, 0.05) is 37.9 Å². The number of aromatic nitrogens is 2. The first-order valence-electron chi connectivity index (χ1n) is 9.33. The lowest BCUT2D eigenvalue weighted by Crippen LogP contribution is -2.43. The Morgan fingerprint density at radius 2 is 1.85 bits per heavy atom. The number of nitrogens with one attached hydrogen (secondary N) is 1. The standard InChI is InChI=1S/C21H24N4O2/c1-2-6-17(7-3-1)21-24-18(16-27-21)14-22-15-20(19-8-4-5-9-23-19)25-10-12-26-13-11-25/h1-9,16,20,22H,10-15H2. The second kappa shape index (κ2) is 8.90. The maximum atomic E-state index is 5.62. The van der Waals surface area contributed by atoms with Gasteiger partial charge in [-0.2, -0.15) is 0 Å². The van der Waals surface area contributed by atoms with Crippen LogP contribution in [0.2, 0.25) is 0 Å². The molecule has 0 bridgehead atoms. The number of ether oxygens (including phenoxy) is 1. The lowest BCUT2D eigenvalue weighted by Gasteiger charge is -2.34. The van der Waals surface area contributed by atoms with Crippen molar-refractivity contribution in [3.05, 3.63) is 72.4 Å². The summed E-state index contributed by atoms with van der Waals surface area (Å²) in [6.45, 7) is 4.84. The molecule has 1 N–H and O–H groups in total. The molecule has 6 heteroatoms. The Balaban J connectivity index is 1.39. The largest absolute Gasteiger partial charge is 0.444 e. The highest BCUT2D eigenvalue weighted by molar-refractivity contribution is 5.52. The third-order valence-electron chi connectivity index (χ3n) is 4.73. The summed E-state index contributed by atoms with van der Waals surface area (Å²) in [6.07, 6.45) is 3.58. The summed E-state index contributed by atoms with van der Waals surface area (Å²) < 4.78 is 11.1. The van der Waals surface area contributed by atoms with Crippen LogP contribution in [-0.4, -0.2) is 47.7 Å². The molecule has 0 aliphatic carbocycles. The van der Waals surface area contributed by atoms with E-state index in [0.717, 1.165) is 49.8 Å². The smallest absolute Gasteiger partial charge is 0.226 e. The first kappa shape index (κ1) is 17.9. The number of pyridine rings is 1. The molecule has 1 saturated heterocycles. The van der Waals surface area contributed by atoms with Crippen molar-refractivity contribution in [3.8, 4) is 11.5 Å². The van der Waals surface area contributed by atoms with E-state index in [1.54, 1.807) is 6.26 Å². The minimum atomic E-state index is 0.218. The highest BCUT2D eigenvalue weighted by atomic mass is 16.5. The van der Waals surface area contributed by atoms with Gasteiger partial charge in [-0.15, -0.1) is 0 Å². The van der Waals surface area contributed by atoms with Crippen LogP contribution in [0.15, 0.2) is 65.4 Å². The molecule has 1 aromatic carbocycles. The van der Waals surface area contributed by atoms with Crippen molar-refractivity contribution in [1.82, 2.24) is 20.2 Å². The van der Waals surface area contributed by atoms with Crippen molar-refractivity contribution in [1.29, 1.82) is 0 Å². The number of nitrogens with zero attached hydrogens (tertiary/aromatic N) is 3. The first-order chi connectivity index (χ1) is 13.4. The van der Waals surface area contributed by atoms with Crippen LogP contribution >= 0.6 is 0 Å². The highest BCUT2D eigenvalue weighted by Gasteiger charge is 2.23. The lowest BCUT2D eigenvalue weighted by molar-refractivity contribution is 0.0152. The minimum Gasteiger partial charge on any atom is -0.444 e. The van der Waals surface area contributed by atoms with Crippen molar-refractivity contribution >= 4 is 0 Å². The van der Waals surface area contributed by atoms with Crippen LogP contribution in [0.25, 0.3) is 11.5 Å². The van der Waals surface area contributed by atoms with Crippen molar-refractivity contribution in [2.24, 2.45) is 0 Å². The van der Waals surface area contributed by atoms with Crippen LogP contribution in [0, 0.1) is 0 Å². The summed E-state index contributed by atoms with van der Waals surface area (Å²) >= 11 is 0. The molecule has 1 fully saturated rings. The Labute approximate surface area is 159 Å². The Morgan fingerprint density at radius 1 is 1.04 bits per heavy atom. The van der Waals surface area contributed by atoms with Gasteiger partial charge >= 0.3 is 0 Å². The molecule has 1 aliphatic heterocycles. The zero-order chi connectivity index (χ0) is 18.3. The van der Waals surface area contributed by atoms with Gasteiger partial charge in [0.2, 0.25) is 5.89 Å². The van der Waals surface area contributed by atoms with Gasteiger partial charge in [-0.25, -0.2) is 4.98 Å². The van der Waals surface area contributed by atoms with E-state index in [-0.39, 0.29) is 6.04 Å². The maximum absolute atomic E-state index is 5.62. The second-order valence-electron chi connectivity index (χ2n) is 6.56. The highest BCUT2D eigenvalue weighted by Crippen LogP contribution is 2.20. The van der Waals surface area contributed by atoms with Gasteiger partial charge in [-0.3, -0.25) is 9.88 Å². The summed E-state index contributed by atoms with van der Waals surface area (Å²) in [5, 5.41) is 3.52. The molecule has 0 amide bonds. The zero-order valence-corrected chi connectivity index (χ0v) is 15.3. The van der Waals surface area contributed by atoms with Crippen LogP contribution in [0.5, 0.6) is 0 Å². The van der Waals surface area contributed by atoms with Crippen molar-refractivity contribution < 1.29 is 9.15 Å². The second-order valence-corrected chi connectivity index (χ2v) is 6.56. The van der Waals surface area contributed by atoms with E-state index >= 15 is 0 Å². The molecule has 4 rings (SSSR count).